The van der Waals surface area contributed by atoms with Crippen LogP contribution in [0.3, 0.4) is 0 Å². The van der Waals surface area contributed by atoms with Gasteiger partial charge in [-0.2, -0.15) is 0 Å². The van der Waals surface area contributed by atoms with E-state index in [4.69, 9.17) is 4.74 Å². The minimum absolute atomic E-state index is 0.0464. The van der Waals surface area contributed by atoms with Crippen molar-refractivity contribution in [1.29, 1.82) is 0 Å². The highest BCUT2D eigenvalue weighted by Gasteiger charge is 2.14. The summed E-state index contributed by atoms with van der Waals surface area (Å²) in [6, 6.07) is 13.9. The van der Waals surface area contributed by atoms with E-state index in [2.05, 4.69) is 19.2 Å². The van der Waals surface area contributed by atoms with Crippen LogP contribution in [0.25, 0.3) is 0 Å². The van der Waals surface area contributed by atoms with Crippen molar-refractivity contribution < 1.29 is 17.9 Å². The largest absolute Gasteiger partial charge is 0.484 e. The SMILES string of the molecule is Cc1cc(OCC(=O)NCCS(=O)(=O)c2ccccc2)ccc1C(C)C. The first-order chi connectivity index (χ1) is 12.3. The maximum absolute atomic E-state index is 12.1. The second kappa shape index (κ2) is 8.85. The van der Waals surface area contributed by atoms with Gasteiger partial charge in [-0.3, -0.25) is 4.79 Å². The monoisotopic (exact) mass is 375 g/mol. The summed E-state index contributed by atoms with van der Waals surface area (Å²) in [4.78, 5) is 12.1. The van der Waals surface area contributed by atoms with E-state index in [1.807, 2.05) is 25.1 Å². The summed E-state index contributed by atoms with van der Waals surface area (Å²) in [5, 5.41) is 2.58. The molecule has 0 aromatic heterocycles. The molecule has 1 amide bonds. The molecule has 2 aromatic rings. The fourth-order valence-corrected chi connectivity index (χ4v) is 3.83. The van der Waals surface area contributed by atoms with Crippen LogP contribution in [-0.2, 0) is 14.6 Å². The Labute approximate surface area is 155 Å². The number of rotatable bonds is 8. The molecule has 0 spiro atoms. The molecule has 0 aliphatic rings. The van der Waals surface area contributed by atoms with Crippen LogP contribution in [0.1, 0.15) is 30.9 Å². The molecule has 0 aliphatic heterocycles. The summed E-state index contributed by atoms with van der Waals surface area (Å²) in [5.41, 5.74) is 2.36. The summed E-state index contributed by atoms with van der Waals surface area (Å²) >= 11 is 0. The molecule has 0 atom stereocenters. The molecule has 26 heavy (non-hydrogen) atoms. The molecule has 0 bridgehead atoms. The Kier molecular flexibility index (Phi) is 6.80. The molecule has 0 radical (unpaired) electrons. The Balaban J connectivity index is 1.80. The van der Waals surface area contributed by atoms with E-state index in [-0.39, 0.29) is 29.7 Å². The minimum atomic E-state index is -3.40. The molecule has 140 valence electrons. The van der Waals surface area contributed by atoms with E-state index in [1.54, 1.807) is 30.3 Å². The van der Waals surface area contributed by atoms with E-state index < -0.39 is 9.84 Å². The molecule has 0 fully saturated rings. The normalized spacial score (nSPS) is 11.4. The van der Waals surface area contributed by atoms with Crippen LogP contribution in [-0.4, -0.2) is 33.2 Å². The van der Waals surface area contributed by atoms with E-state index in [0.29, 0.717) is 11.7 Å². The Morgan fingerprint density at radius 3 is 2.42 bits per heavy atom. The third-order valence-corrected chi connectivity index (χ3v) is 5.76. The summed E-state index contributed by atoms with van der Waals surface area (Å²) in [6.07, 6.45) is 0. The Morgan fingerprint density at radius 2 is 1.81 bits per heavy atom. The van der Waals surface area contributed by atoms with Crippen LogP contribution in [0.15, 0.2) is 53.4 Å². The van der Waals surface area contributed by atoms with Crippen molar-refractivity contribution in [3.05, 3.63) is 59.7 Å². The maximum atomic E-state index is 12.1. The Morgan fingerprint density at radius 1 is 1.12 bits per heavy atom. The molecule has 0 unspecified atom stereocenters. The Bertz CT molecular complexity index is 845. The zero-order chi connectivity index (χ0) is 19.2. The number of amides is 1. The lowest BCUT2D eigenvalue weighted by molar-refractivity contribution is -0.122. The molecule has 6 heteroatoms. The number of hydrogen-bond donors (Lipinski definition) is 1. The maximum Gasteiger partial charge on any atom is 0.257 e. The van der Waals surface area contributed by atoms with Gasteiger partial charge in [-0.05, 0) is 48.2 Å². The van der Waals surface area contributed by atoms with Crippen LogP contribution >= 0.6 is 0 Å². The highest BCUT2D eigenvalue weighted by atomic mass is 32.2. The number of sulfone groups is 1. The number of nitrogens with one attached hydrogen (secondary N) is 1. The van der Waals surface area contributed by atoms with Crippen molar-refractivity contribution >= 4 is 15.7 Å². The van der Waals surface area contributed by atoms with Gasteiger partial charge in [-0.1, -0.05) is 38.1 Å². The first kappa shape index (κ1) is 20.0. The van der Waals surface area contributed by atoms with Crippen LogP contribution in [0.5, 0.6) is 5.75 Å². The molecular formula is C20H25NO4S. The van der Waals surface area contributed by atoms with E-state index in [1.165, 1.54) is 5.56 Å². The van der Waals surface area contributed by atoms with E-state index in [9.17, 15) is 13.2 Å². The third-order valence-electron chi connectivity index (χ3n) is 4.03. The molecular weight excluding hydrogens is 350 g/mol. The summed E-state index contributed by atoms with van der Waals surface area (Å²) in [5.74, 6) is 0.557. The Hall–Kier alpha value is -2.34. The van der Waals surface area contributed by atoms with Gasteiger partial charge in [-0.25, -0.2) is 8.42 Å². The van der Waals surface area contributed by atoms with Crippen molar-refractivity contribution in [2.24, 2.45) is 0 Å². The van der Waals surface area contributed by atoms with Gasteiger partial charge >= 0.3 is 0 Å². The van der Waals surface area contributed by atoms with Crippen molar-refractivity contribution in [2.75, 3.05) is 18.9 Å². The van der Waals surface area contributed by atoms with Gasteiger partial charge in [0.15, 0.2) is 16.4 Å². The topological polar surface area (TPSA) is 72.5 Å². The van der Waals surface area contributed by atoms with Gasteiger partial charge in [0, 0.05) is 6.54 Å². The zero-order valence-electron chi connectivity index (χ0n) is 15.4. The molecule has 0 saturated carbocycles. The lowest BCUT2D eigenvalue weighted by Gasteiger charge is -2.12. The van der Waals surface area contributed by atoms with Crippen molar-refractivity contribution in [3.63, 3.8) is 0 Å². The highest BCUT2D eigenvalue weighted by molar-refractivity contribution is 7.91. The van der Waals surface area contributed by atoms with E-state index >= 15 is 0 Å². The summed E-state index contributed by atoms with van der Waals surface area (Å²) in [6.45, 7) is 6.16. The molecule has 0 heterocycles. The van der Waals surface area contributed by atoms with Crippen LogP contribution < -0.4 is 10.1 Å². The second-order valence-electron chi connectivity index (χ2n) is 6.44. The fourth-order valence-electron chi connectivity index (χ4n) is 2.66. The molecule has 5 nitrogen and oxygen atoms in total. The standard InChI is InChI=1S/C20H25NO4S/c1-15(2)19-10-9-17(13-16(19)3)25-14-20(22)21-11-12-26(23,24)18-7-5-4-6-8-18/h4-10,13,15H,11-12,14H2,1-3H3,(H,21,22). The first-order valence-electron chi connectivity index (χ1n) is 8.57. The van der Waals surface area contributed by atoms with Crippen LogP contribution in [0, 0.1) is 6.92 Å². The third kappa shape index (κ3) is 5.59. The van der Waals surface area contributed by atoms with Gasteiger partial charge in [0.2, 0.25) is 0 Å². The average molecular weight is 375 g/mol. The van der Waals surface area contributed by atoms with Crippen molar-refractivity contribution in [3.8, 4) is 5.75 Å². The van der Waals surface area contributed by atoms with Gasteiger partial charge in [0.25, 0.3) is 5.91 Å². The van der Waals surface area contributed by atoms with Crippen LogP contribution in [0.4, 0.5) is 0 Å². The molecule has 2 aromatic carbocycles. The van der Waals surface area contributed by atoms with Crippen molar-refractivity contribution in [1.82, 2.24) is 5.32 Å². The number of benzene rings is 2. The van der Waals surface area contributed by atoms with Gasteiger partial charge < -0.3 is 10.1 Å². The predicted molar refractivity (Wildman–Crippen MR) is 102 cm³/mol. The van der Waals surface area contributed by atoms with Crippen LogP contribution in [0.2, 0.25) is 0 Å². The quantitative estimate of drug-likeness (QED) is 0.770. The lowest BCUT2D eigenvalue weighted by atomic mass is 9.98. The molecule has 0 saturated heterocycles. The predicted octanol–water partition coefficient (Wildman–Crippen LogP) is 3.09. The van der Waals surface area contributed by atoms with Gasteiger partial charge in [0.1, 0.15) is 5.75 Å². The smallest absolute Gasteiger partial charge is 0.257 e. The first-order valence-corrected chi connectivity index (χ1v) is 10.2. The zero-order valence-corrected chi connectivity index (χ0v) is 16.2. The lowest BCUT2D eigenvalue weighted by Crippen LogP contribution is -2.32. The second-order valence-corrected chi connectivity index (χ2v) is 8.55. The number of hydrogen-bond acceptors (Lipinski definition) is 4. The highest BCUT2D eigenvalue weighted by Crippen LogP contribution is 2.23. The van der Waals surface area contributed by atoms with Gasteiger partial charge in [0.05, 0.1) is 10.6 Å². The molecule has 1 N–H and O–H groups in total. The molecule has 2 rings (SSSR count). The minimum Gasteiger partial charge on any atom is -0.484 e. The number of ether oxygens (including phenoxy) is 1. The molecule has 0 aliphatic carbocycles. The fraction of sp³-hybridized carbons (Fsp3) is 0.350. The van der Waals surface area contributed by atoms with Gasteiger partial charge in [-0.15, -0.1) is 0 Å². The summed E-state index contributed by atoms with van der Waals surface area (Å²) < 4.78 is 29.8. The summed E-state index contributed by atoms with van der Waals surface area (Å²) in [7, 11) is -3.40. The number of carbonyl (C=O) groups is 1. The number of aryl methyl sites for hydroxylation is 1. The van der Waals surface area contributed by atoms with E-state index in [0.717, 1.165) is 5.56 Å². The average Bonchev–Trinajstić information content (AvgIpc) is 2.60. The van der Waals surface area contributed by atoms with Crippen molar-refractivity contribution in [2.45, 2.75) is 31.6 Å². The number of carbonyl (C=O) groups excluding carboxylic acids is 1.